The molecule has 3 heteroatoms. The van der Waals surface area contributed by atoms with E-state index in [2.05, 4.69) is 23.7 Å². The summed E-state index contributed by atoms with van der Waals surface area (Å²) in [6.45, 7) is 6.10. The van der Waals surface area contributed by atoms with Gasteiger partial charge in [0.05, 0.1) is 0 Å². The molecule has 0 aliphatic heterocycles. The van der Waals surface area contributed by atoms with Gasteiger partial charge in [-0.15, -0.1) is 0 Å². The molecule has 0 atom stereocenters. The SMILES string of the molecule is CCN(CC)C(=S)c1cccnc1. The Kier molecular flexibility index (Phi) is 3.83. The molecule has 0 radical (unpaired) electrons. The molecule has 0 N–H and O–H groups in total. The van der Waals surface area contributed by atoms with Gasteiger partial charge in [-0.1, -0.05) is 12.2 Å². The van der Waals surface area contributed by atoms with Crippen molar-refractivity contribution in [2.45, 2.75) is 13.8 Å². The fourth-order valence-corrected chi connectivity index (χ4v) is 1.56. The predicted molar refractivity (Wildman–Crippen MR) is 58.9 cm³/mol. The molecule has 70 valence electrons. The van der Waals surface area contributed by atoms with Gasteiger partial charge in [0, 0.05) is 31.0 Å². The Morgan fingerprint density at radius 1 is 1.46 bits per heavy atom. The number of hydrogen-bond donors (Lipinski definition) is 0. The average Bonchev–Trinajstić information content (AvgIpc) is 2.21. The molecule has 1 rings (SSSR count). The molecular formula is C10H14N2S. The number of rotatable bonds is 3. The summed E-state index contributed by atoms with van der Waals surface area (Å²) in [5.41, 5.74) is 1.03. The third-order valence-electron chi connectivity index (χ3n) is 1.96. The molecule has 0 aromatic carbocycles. The zero-order valence-corrected chi connectivity index (χ0v) is 8.84. The van der Waals surface area contributed by atoms with Gasteiger partial charge >= 0.3 is 0 Å². The van der Waals surface area contributed by atoms with Crippen molar-refractivity contribution in [2.24, 2.45) is 0 Å². The molecule has 13 heavy (non-hydrogen) atoms. The lowest BCUT2D eigenvalue weighted by atomic mass is 10.2. The summed E-state index contributed by atoms with van der Waals surface area (Å²) in [4.78, 5) is 7.07. The molecule has 0 unspecified atom stereocenters. The van der Waals surface area contributed by atoms with Crippen molar-refractivity contribution >= 4 is 17.2 Å². The Hall–Kier alpha value is -0.960. The molecule has 0 saturated heterocycles. The van der Waals surface area contributed by atoms with E-state index in [9.17, 15) is 0 Å². The standard InChI is InChI=1S/C10H14N2S/c1-3-12(4-2)10(13)9-6-5-7-11-8-9/h5-8H,3-4H2,1-2H3. The third kappa shape index (κ3) is 2.49. The Balaban J connectivity index is 2.78. The van der Waals surface area contributed by atoms with Crippen molar-refractivity contribution < 1.29 is 0 Å². The van der Waals surface area contributed by atoms with Crippen LogP contribution in [-0.2, 0) is 0 Å². The van der Waals surface area contributed by atoms with E-state index in [-0.39, 0.29) is 0 Å². The Morgan fingerprint density at radius 2 is 2.15 bits per heavy atom. The Morgan fingerprint density at radius 3 is 2.62 bits per heavy atom. The van der Waals surface area contributed by atoms with Crippen molar-refractivity contribution in [1.82, 2.24) is 9.88 Å². The third-order valence-corrected chi connectivity index (χ3v) is 2.45. The predicted octanol–water partition coefficient (Wildman–Crippen LogP) is 2.10. The van der Waals surface area contributed by atoms with E-state index >= 15 is 0 Å². The molecule has 0 fully saturated rings. The summed E-state index contributed by atoms with van der Waals surface area (Å²) in [6, 6.07) is 3.90. The van der Waals surface area contributed by atoms with Gasteiger partial charge in [-0.05, 0) is 26.0 Å². The quantitative estimate of drug-likeness (QED) is 0.685. The molecule has 0 saturated carbocycles. The van der Waals surface area contributed by atoms with E-state index in [1.165, 1.54) is 0 Å². The van der Waals surface area contributed by atoms with E-state index in [0.717, 1.165) is 23.6 Å². The highest BCUT2D eigenvalue weighted by molar-refractivity contribution is 7.80. The molecule has 0 aliphatic rings. The van der Waals surface area contributed by atoms with E-state index in [4.69, 9.17) is 12.2 Å². The largest absolute Gasteiger partial charge is 0.363 e. The normalized spacial score (nSPS) is 9.69. The van der Waals surface area contributed by atoms with Crippen LogP contribution in [0.2, 0.25) is 0 Å². The minimum atomic E-state index is 0.887. The van der Waals surface area contributed by atoms with Gasteiger partial charge in [0.1, 0.15) is 4.99 Å². The second-order valence-corrected chi connectivity index (χ2v) is 3.11. The second-order valence-electron chi connectivity index (χ2n) is 2.72. The lowest BCUT2D eigenvalue weighted by molar-refractivity contribution is 0.474. The molecule has 0 spiro atoms. The summed E-state index contributed by atoms with van der Waals surface area (Å²) in [6.07, 6.45) is 3.56. The number of hydrogen-bond acceptors (Lipinski definition) is 2. The van der Waals surface area contributed by atoms with Gasteiger partial charge in [-0.2, -0.15) is 0 Å². The van der Waals surface area contributed by atoms with Gasteiger partial charge in [0.15, 0.2) is 0 Å². The minimum Gasteiger partial charge on any atom is -0.363 e. The van der Waals surface area contributed by atoms with Crippen LogP contribution in [0.1, 0.15) is 19.4 Å². The van der Waals surface area contributed by atoms with Crippen LogP contribution >= 0.6 is 12.2 Å². The maximum atomic E-state index is 5.33. The summed E-state index contributed by atoms with van der Waals surface area (Å²) in [7, 11) is 0. The molecule has 1 aromatic rings. The first-order valence-corrected chi connectivity index (χ1v) is 4.89. The van der Waals surface area contributed by atoms with Crippen LogP contribution in [0.15, 0.2) is 24.5 Å². The van der Waals surface area contributed by atoms with E-state index in [1.54, 1.807) is 12.4 Å². The molecule has 0 aliphatic carbocycles. The molecule has 1 aromatic heterocycles. The number of pyridine rings is 1. The van der Waals surface area contributed by atoms with Crippen molar-refractivity contribution in [3.05, 3.63) is 30.1 Å². The summed E-state index contributed by atoms with van der Waals surface area (Å²) < 4.78 is 0. The zero-order valence-electron chi connectivity index (χ0n) is 8.03. The fourth-order valence-electron chi connectivity index (χ4n) is 1.18. The maximum absolute atomic E-state index is 5.33. The van der Waals surface area contributed by atoms with Gasteiger partial charge in [0.25, 0.3) is 0 Å². The molecule has 1 heterocycles. The highest BCUT2D eigenvalue weighted by atomic mass is 32.1. The smallest absolute Gasteiger partial charge is 0.110 e. The lowest BCUT2D eigenvalue weighted by Crippen LogP contribution is -2.29. The van der Waals surface area contributed by atoms with Crippen LogP contribution in [0.3, 0.4) is 0 Å². The summed E-state index contributed by atoms with van der Waals surface area (Å²) in [5.74, 6) is 0. The van der Waals surface area contributed by atoms with E-state index in [0.29, 0.717) is 0 Å². The fraction of sp³-hybridized carbons (Fsp3) is 0.400. The number of aromatic nitrogens is 1. The molecular weight excluding hydrogens is 180 g/mol. The minimum absolute atomic E-state index is 0.887. The highest BCUT2D eigenvalue weighted by Gasteiger charge is 2.06. The molecule has 0 amide bonds. The van der Waals surface area contributed by atoms with E-state index < -0.39 is 0 Å². The van der Waals surface area contributed by atoms with Gasteiger partial charge in [-0.25, -0.2) is 0 Å². The Bertz CT molecular complexity index is 268. The van der Waals surface area contributed by atoms with Crippen molar-refractivity contribution in [3.8, 4) is 0 Å². The molecule has 2 nitrogen and oxygen atoms in total. The summed E-state index contributed by atoms with van der Waals surface area (Å²) in [5, 5.41) is 0. The van der Waals surface area contributed by atoms with Crippen LogP contribution in [0, 0.1) is 0 Å². The van der Waals surface area contributed by atoms with Gasteiger partial charge in [0.2, 0.25) is 0 Å². The second kappa shape index (κ2) is 4.92. The summed E-state index contributed by atoms with van der Waals surface area (Å²) >= 11 is 5.33. The van der Waals surface area contributed by atoms with Crippen LogP contribution in [0.5, 0.6) is 0 Å². The van der Waals surface area contributed by atoms with Crippen LogP contribution in [0.25, 0.3) is 0 Å². The van der Waals surface area contributed by atoms with E-state index in [1.807, 2.05) is 12.1 Å². The first kappa shape index (κ1) is 10.1. The number of thiocarbonyl (C=S) groups is 1. The average molecular weight is 194 g/mol. The van der Waals surface area contributed by atoms with Crippen molar-refractivity contribution in [3.63, 3.8) is 0 Å². The Labute approximate surface area is 84.6 Å². The number of nitrogens with zero attached hydrogens (tertiary/aromatic N) is 2. The van der Waals surface area contributed by atoms with Crippen molar-refractivity contribution in [1.29, 1.82) is 0 Å². The lowest BCUT2D eigenvalue weighted by Gasteiger charge is -2.21. The first-order valence-electron chi connectivity index (χ1n) is 4.48. The topological polar surface area (TPSA) is 16.1 Å². The van der Waals surface area contributed by atoms with Crippen LogP contribution < -0.4 is 0 Å². The van der Waals surface area contributed by atoms with Gasteiger partial charge in [-0.3, -0.25) is 4.98 Å². The maximum Gasteiger partial charge on any atom is 0.110 e. The zero-order chi connectivity index (χ0) is 9.68. The highest BCUT2D eigenvalue weighted by Crippen LogP contribution is 2.03. The first-order chi connectivity index (χ1) is 6.29. The van der Waals surface area contributed by atoms with Crippen LogP contribution in [-0.4, -0.2) is 28.0 Å². The van der Waals surface area contributed by atoms with Crippen LogP contribution in [0.4, 0.5) is 0 Å². The van der Waals surface area contributed by atoms with Gasteiger partial charge < -0.3 is 4.90 Å². The van der Waals surface area contributed by atoms with Crippen molar-refractivity contribution in [2.75, 3.05) is 13.1 Å². The molecule has 0 bridgehead atoms. The monoisotopic (exact) mass is 194 g/mol.